The lowest BCUT2D eigenvalue weighted by Crippen LogP contribution is -2.20. The summed E-state index contributed by atoms with van der Waals surface area (Å²) in [6.45, 7) is 9.83. The number of ether oxygens (including phenoxy) is 1. The van der Waals surface area contributed by atoms with Crippen molar-refractivity contribution in [1.29, 1.82) is 0 Å². The number of hydrogen-bond donors (Lipinski definition) is 0. The first-order valence-corrected chi connectivity index (χ1v) is 5.23. The van der Waals surface area contributed by atoms with Gasteiger partial charge in [-0.15, -0.1) is 0 Å². The molecule has 12 heavy (non-hydrogen) atoms. The maximum atomic E-state index is 5.67. The molecule has 1 aliphatic rings. The SMILES string of the molecule is CC(C)OCC(C(C)C)C1CC1. The number of rotatable bonds is 5. The topological polar surface area (TPSA) is 9.23 Å². The Hall–Kier alpha value is -0.0400. The average Bonchev–Trinajstić information content (AvgIpc) is 2.69. The molecule has 1 aliphatic carbocycles. The van der Waals surface area contributed by atoms with Crippen molar-refractivity contribution in [3.05, 3.63) is 0 Å². The van der Waals surface area contributed by atoms with Crippen LogP contribution in [-0.4, -0.2) is 12.7 Å². The first-order chi connectivity index (χ1) is 5.61. The lowest BCUT2D eigenvalue weighted by atomic mass is 9.92. The predicted molar refractivity (Wildman–Crippen MR) is 52.1 cm³/mol. The lowest BCUT2D eigenvalue weighted by Gasteiger charge is -2.21. The molecule has 1 heteroatoms. The van der Waals surface area contributed by atoms with E-state index in [-0.39, 0.29) is 0 Å². The minimum atomic E-state index is 0.394. The minimum Gasteiger partial charge on any atom is -0.378 e. The van der Waals surface area contributed by atoms with Gasteiger partial charge in [-0.2, -0.15) is 0 Å². The molecular weight excluding hydrogens is 148 g/mol. The molecule has 0 bridgehead atoms. The Morgan fingerprint density at radius 2 is 1.75 bits per heavy atom. The third-order valence-electron chi connectivity index (χ3n) is 2.71. The first kappa shape index (κ1) is 10.0. The summed E-state index contributed by atoms with van der Waals surface area (Å²) in [5.74, 6) is 2.58. The van der Waals surface area contributed by atoms with Crippen molar-refractivity contribution in [2.45, 2.75) is 46.6 Å². The van der Waals surface area contributed by atoms with Gasteiger partial charge >= 0.3 is 0 Å². The van der Waals surface area contributed by atoms with Crippen LogP contribution in [0, 0.1) is 17.8 Å². The second kappa shape index (κ2) is 4.27. The normalized spacial score (nSPS) is 20.5. The average molecular weight is 170 g/mol. The van der Waals surface area contributed by atoms with E-state index >= 15 is 0 Å². The highest BCUT2D eigenvalue weighted by Crippen LogP contribution is 2.40. The molecule has 0 saturated heterocycles. The van der Waals surface area contributed by atoms with Crippen LogP contribution in [0.15, 0.2) is 0 Å². The van der Waals surface area contributed by atoms with Crippen molar-refractivity contribution in [2.24, 2.45) is 17.8 Å². The molecule has 1 fully saturated rings. The summed E-state index contributed by atoms with van der Waals surface area (Å²) in [6, 6.07) is 0. The van der Waals surface area contributed by atoms with Crippen LogP contribution in [0.1, 0.15) is 40.5 Å². The molecule has 0 aromatic heterocycles. The van der Waals surface area contributed by atoms with Gasteiger partial charge in [-0.25, -0.2) is 0 Å². The van der Waals surface area contributed by atoms with Gasteiger partial charge in [-0.1, -0.05) is 13.8 Å². The Balaban J connectivity index is 2.23. The molecule has 1 unspecified atom stereocenters. The standard InChI is InChI=1S/C11H22O/c1-8(2)11(10-5-6-10)7-12-9(3)4/h8-11H,5-7H2,1-4H3. The summed E-state index contributed by atoms with van der Waals surface area (Å²) in [5.41, 5.74) is 0. The van der Waals surface area contributed by atoms with E-state index in [9.17, 15) is 0 Å². The predicted octanol–water partition coefficient (Wildman–Crippen LogP) is 3.09. The van der Waals surface area contributed by atoms with Gasteiger partial charge in [-0.05, 0) is 44.4 Å². The van der Waals surface area contributed by atoms with Crippen molar-refractivity contribution >= 4 is 0 Å². The van der Waals surface area contributed by atoms with E-state index in [1.165, 1.54) is 12.8 Å². The van der Waals surface area contributed by atoms with Gasteiger partial charge in [0.05, 0.1) is 12.7 Å². The molecule has 0 N–H and O–H groups in total. The maximum Gasteiger partial charge on any atom is 0.0519 e. The fraction of sp³-hybridized carbons (Fsp3) is 1.00. The van der Waals surface area contributed by atoms with Crippen molar-refractivity contribution in [3.63, 3.8) is 0 Å². The summed E-state index contributed by atoms with van der Waals surface area (Å²) < 4.78 is 5.67. The quantitative estimate of drug-likeness (QED) is 0.616. The Morgan fingerprint density at radius 3 is 2.08 bits per heavy atom. The molecule has 0 spiro atoms. The van der Waals surface area contributed by atoms with Crippen molar-refractivity contribution in [2.75, 3.05) is 6.61 Å². The third-order valence-corrected chi connectivity index (χ3v) is 2.71. The summed E-state index contributed by atoms with van der Waals surface area (Å²) in [6.07, 6.45) is 3.26. The summed E-state index contributed by atoms with van der Waals surface area (Å²) in [4.78, 5) is 0. The zero-order chi connectivity index (χ0) is 9.14. The van der Waals surface area contributed by atoms with Crippen LogP contribution in [0.2, 0.25) is 0 Å². The van der Waals surface area contributed by atoms with Crippen molar-refractivity contribution < 1.29 is 4.74 Å². The van der Waals surface area contributed by atoms with Crippen LogP contribution < -0.4 is 0 Å². The molecule has 0 aromatic rings. The second-order valence-electron chi connectivity index (χ2n) is 4.63. The van der Waals surface area contributed by atoms with E-state index in [0.717, 1.165) is 24.4 Å². The molecule has 0 aliphatic heterocycles. The van der Waals surface area contributed by atoms with E-state index in [2.05, 4.69) is 27.7 Å². The van der Waals surface area contributed by atoms with Crippen LogP contribution >= 0.6 is 0 Å². The van der Waals surface area contributed by atoms with E-state index in [0.29, 0.717) is 6.10 Å². The monoisotopic (exact) mass is 170 g/mol. The molecule has 1 rings (SSSR count). The summed E-state index contributed by atoms with van der Waals surface area (Å²) >= 11 is 0. The van der Waals surface area contributed by atoms with Crippen LogP contribution in [0.4, 0.5) is 0 Å². The van der Waals surface area contributed by atoms with Gasteiger partial charge in [-0.3, -0.25) is 0 Å². The Bertz CT molecular complexity index is 123. The molecule has 0 radical (unpaired) electrons. The van der Waals surface area contributed by atoms with Gasteiger partial charge in [0.15, 0.2) is 0 Å². The molecule has 1 atom stereocenters. The fourth-order valence-electron chi connectivity index (χ4n) is 1.70. The van der Waals surface area contributed by atoms with Crippen molar-refractivity contribution in [1.82, 2.24) is 0 Å². The smallest absolute Gasteiger partial charge is 0.0519 e. The van der Waals surface area contributed by atoms with E-state index in [1.807, 2.05) is 0 Å². The van der Waals surface area contributed by atoms with Crippen LogP contribution in [-0.2, 0) is 4.74 Å². The highest BCUT2D eigenvalue weighted by Gasteiger charge is 2.33. The highest BCUT2D eigenvalue weighted by molar-refractivity contribution is 4.82. The van der Waals surface area contributed by atoms with E-state index < -0.39 is 0 Å². The highest BCUT2D eigenvalue weighted by atomic mass is 16.5. The molecule has 1 nitrogen and oxygen atoms in total. The first-order valence-electron chi connectivity index (χ1n) is 5.23. The van der Waals surface area contributed by atoms with E-state index in [1.54, 1.807) is 0 Å². The van der Waals surface area contributed by atoms with Crippen LogP contribution in [0.3, 0.4) is 0 Å². The minimum absolute atomic E-state index is 0.394. The molecular formula is C11H22O. The molecule has 1 saturated carbocycles. The van der Waals surface area contributed by atoms with Gasteiger partial charge in [0.1, 0.15) is 0 Å². The molecule has 0 amide bonds. The van der Waals surface area contributed by atoms with Crippen molar-refractivity contribution in [3.8, 4) is 0 Å². The third kappa shape index (κ3) is 3.14. The van der Waals surface area contributed by atoms with Gasteiger partial charge in [0.2, 0.25) is 0 Å². The molecule has 0 aromatic carbocycles. The Morgan fingerprint density at radius 1 is 1.17 bits per heavy atom. The lowest BCUT2D eigenvalue weighted by molar-refractivity contribution is 0.0324. The van der Waals surface area contributed by atoms with Crippen LogP contribution in [0.25, 0.3) is 0 Å². The van der Waals surface area contributed by atoms with Crippen LogP contribution in [0.5, 0.6) is 0 Å². The van der Waals surface area contributed by atoms with Gasteiger partial charge in [0, 0.05) is 0 Å². The summed E-state index contributed by atoms with van der Waals surface area (Å²) in [7, 11) is 0. The number of hydrogen-bond acceptors (Lipinski definition) is 1. The van der Waals surface area contributed by atoms with Gasteiger partial charge < -0.3 is 4.74 Å². The van der Waals surface area contributed by atoms with Gasteiger partial charge in [0.25, 0.3) is 0 Å². The second-order valence-corrected chi connectivity index (χ2v) is 4.63. The van der Waals surface area contributed by atoms with E-state index in [4.69, 9.17) is 4.74 Å². The molecule has 0 heterocycles. The molecule has 72 valence electrons. The summed E-state index contributed by atoms with van der Waals surface area (Å²) in [5, 5.41) is 0. The Kier molecular flexibility index (Phi) is 3.57. The zero-order valence-corrected chi connectivity index (χ0v) is 8.84. The zero-order valence-electron chi connectivity index (χ0n) is 8.84. The fourth-order valence-corrected chi connectivity index (χ4v) is 1.70. The Labute approximate surface area is 76.5 Å². The largest absolute Gasteiger partial charge is 0.378 e. The maximum absolute atomic E-state index is 5.67.